The lowest BCUT2D eigenvalue weighted by Crippen LogP contribution is -2.41. The molecular weight excluding hydrogens is 258 g/mol. The fourth-order valence-electron chi connectivity index (χ4n) is 2.75. The number of hydrogen-bond acceptors (Lipinski definition) is 4. The van der Waals surface area contributed by atoms with Gasteiger partial charge in [-0.15, -0.1) is 0 Å². The summed E-state index contributed by atoms with van der Waals surface area (Å²) in [5.74, 6) is -1.66. The van der Waals surface area contributed by atoms with Crippen LogP contribution in [0.15, 0.2) is 0 Å². The Labute approximate surface area is 107 Å². The molecule has 0 saturated carbocycles. The van der Waals surface area contributed by atoms with E-state index in [1.807, 2.05) is 0 Å². The van der Waals surface area contributed by atoms with E-state index in [0.29, 0.717) is 19.6 Å². The maximum absolute atomic E-state index is 12.4. The number of carbonyl (C=O) groups is 1. The number of hydrogen-bond donors (Lipinski definition) is 1. The molecule has 2 unspecified atom stereocenters. The van der Waals surface area contributed by atoms with E-state index >= 15 is 0 Å². The standard InChI is InChI=1S/C11H19NO5S/c1-7-5-12(6-9(7)11(13)14)18(15,16)10-3-4-17-8(10)2/h7-10H,3-6H2,1-2H3,(H,13,14)/t7-,8?,9-,10?/m1/s1. The molecule has 2 aliphatic heterocycles. The van der Waals surface area contributed by atoms with Gasteiger partial charge in [-0.05, 0) is 19.3 Å². The van der Waals surface area contributed by atoms with E-state index in [4.69, 9.17) is 9.84 Å². The van der Waals surface area contributed by atoms with Gasteiger partial charge in [0.1, 0.15) is 5.25 Å². The Balaban J connectivity index is 2.15. The molecule has 1 N–H and O–H groups in total. The highest BCUT2D eigenvalue weighted by Gasteiger charge is 2.45. The summed E-state index contributed by atoms with van der Waals surface area (Å²) in [4.78, 5) is 11.0. The Morgan fingerprint density at radius 3 is 2.44 bits per heavy atom. The van der Waals surface area contributed by atoms with Gasteiger partial charge in [-0.3, -0.25) is 4.79 Å². The van der Waals surface area contributed by atoms with Crippen LogP contribution >= 0.6 is 0 Å². The fourth-order valence-corrected chi connectivity index (χ4v) is 4.90. The molecule has 0 bridgehead atoms. The number of nitrogens with zero attached hydrogens (tertiary/aromatic N) is 1. The molecule has 2 aliphatic rings. The van der Waals surface area contributed by atoms with Crippen LogP contribution in [-0.2, 0) is 19.6 Å². The Bertz CT molecular complexity index is 435. The maximum Gasteiger partial charge on any atom is 0.308 e. The zero-order valence-corrected chi connectivity index (χ0v) is 11.4. The van der Waals surface area contributed by atoms with Crippen molar-refractivity contribution in [2.75, 3.05) is 19.7 Å². The molecule has 0 aromatic carbocycles. The van der Waals surface area contributed by atoms with Gasteiger partial charge >= 0.3 is 5.97 Å². The van der Waals surface area contributed by atoms with Crippen LogP contribution in [0, 0.1) is 11.8 Å². The molecule has 0 amide bonds. The monoisotopic (exact) mass is 277 g/mol. The summed E-state index contributed by atoms with van der Waals surface area (Å²) < 4.78 is 31.4. The van der Waals surface area contributed by atoms with Crippen LogP contribution in [0.25, 0.3) is 0 Å². The van der Waals surface area contributed by atoms with E-state index in [2.05, 4.69) is 0 Å². The van der Waals surface area contributed by atoms with Gasteiger partial charge in [0.25, 0.3) is 0 Å². The lowest BCUT2D eigenvalue weighted by atomic mass is 9.99. The molecule has 2 rings (SSSR count). The van der Waals surface area contributed by atoms with Gasteiger partial charge in [-0.2, -0.15) is 0 Å². The summed E-state index contributed by atoms with van der Waals surface area (Å²) in [5, 5.41) is 8.51. The summed E-state index contributed by atoms with van der Waals surface area (Å²) in [5.41, 5.74) is 0. The van der Waals surface area contributed by atoms with E-state index in [0.717, 1.165) is 0 Å². The van der Waals surface area contributed by atoms with Gasteiger partial charge in [0.05, 0.1) is 12.0 Å². The molecule has 0 aromatic heterocycles. The minimum absolute atomic E-state index is 0.0854. The molecule has 104 valence electrons. The zero-order valence-electron chi connectivity index (χ0n) is 10.6. The molecule has 4 atom stereocenters. The lowest BCUT2D eigenvalue weighted by molar-refractivity contribution is -0.142. The number of sulfonamides is 1. The topological polar surface area (TPSA) is 83.9 Å². The molecule has 0 aliphatic carbocycles. The maximum atomic E-state index is 12.4. The highest BCUT2D eigenvalue weighted by molar-refractivity contribution is 7.89. The van der Waals surface area contributed by atoms with Gasteiger partial charge in [-0.1, -0.05) is 6.92 Å². The van der Waals surface area contributed by atoms with E-state index in [9.17, 15) is 13.2 Å². The van der Waals surface area contributed by atoms with Crippen molar-refractivity contribution in [3.63, 3.8) is 0 Å². The summed E-state index contributed by atoms with van der Waals surface area (Å²) in [6.45, 7) is 4.37. The van der Waals surface area contributed by atoms with Gasteiger partial charge in [0, 0.05) is 19.7 Å². The highest BCUT2D eigenvalue weighted by atomic mass is 32.2. The second-order valence-electron chi connectivity index (χ2n) is 5.19. The first-order valence-corrected chi connectivity index (χ1v) is 7.67. The van der Waals surface area contributed by atoms with Crippen molar-refractivity contribution >= 4 is 16.0 Å². The molecule has 2 saturated heterocycles. The predicted octanol–water partition coefficient (Wildman–Crippen LogP) is 0.146. The quantitative estimate of drug-likeness (QED) is 0.793. The fraction of sp³-hybridized carbons (Fsp3) is 0.909. The minimum atomic E-state index is -3.44. The van der Waals surface area contributed by atoms with Crippen LogP contribution in [-0.4, -0.2) is 54.8 Å². The van der Waals surface area contributed by atoms with Gasteiger partial charge < -0.3 is 9.84 Å². The van der Waals surface area contributed by atoms with Crippen molar-refractivity contribution in [2.45, 2.75) is 31.6 Å². The Kier molecular flexibility index (Phi) is 3.66. The summed E-state index contributed by atoms with van der Waals surface area (Å²) in [6, 6.07) is 0. The third-order valence-electron chi connectivity index (χ3n) is 3.95. The molecule has 0 spiro atoms. The van der Waals surface area contributed by atoms with Crippen LogP contribution in [0.3, 0.4) is 0 Å². The summed E-state index contributed by atoms with van der Waals surface area (Å²) >= 11 is 0. The largest absolute Gasteiger partial charge is 0.481 e. The van der Waals surface area contributed by atoms with Gasteiger partial charge in [0.15, 0.2) is 0 Å². The SMILES string of the molecule is CC1OCCC1S(=O)(=O)N1C[C@@H](C)[C@H](C(=O)O)C1. The Morgan fingerprint density at radius 1 is 1.33 bits per heavy atom. The number of rotatable bonds is 3. The van der Waals surface area contributed by atoms with Gasteiger partial charge in [-0.25, -0.2) is 12.7 Å². The minimum Gasteiger partial charge on any atom is -0.481 e. The van der Waals surface area contributed by atoms with Crippen molar-refractivity contribution in [3.8, 4) is 0 Å². The van der Waals surface area contributed by atoms with E-state index in [-0.39, 0.29) is 18.6 Å². The molecule has 7 heteroatoms. The average molecular weight is 277 g/mol. The van der Waals surface area contributed by atoms with Crippen LogP contribution in [0.2, 0.25) is 0 Å². The molecule has 2 heterocycles. The average Bonchev–Trinajstić information content (AvgIpc) is 2.84. The normalized spacial score (nSPS) is 38.1. The first kappa shape index (κ1) is 13.8. The van der Waals surface area contributed by atoms with Crippen molar-refractivity contribution in [1.82, 2.24) is 4.31 Å². The van der Waals surface area contributed by atoms with Crippen molar-refractivity contribution in [3.05, 3.63) is 0 Å². The number of carboxylic acids is 1. The summed E-state index contributed by atoms with van der Waals surface area (Å²) in [7, 11) is -3.44. The van der Waals surface area contributed by atoms with E-state index < -0.39 is 27.2 Å². The van der Waals surface area contributed by atoms with Crippen molar-refractivity contribution in [1.29, 1.82) is 0 Å². The molecule has 0 radical (unpaired) electrons. The third kappa shape index (κ3) is 2.26. The Morgan fingerprint density at radius 2 is 2.00 bits per heavy atom. The third-order valence-corrected chi connectivity index (χ3v) is 6.35. The summed E-state index contributed by atoms with van der Waals surface area (Å²) in [6.07, 6.45) is 0.181. The van der Waals surface area contributed by atoms with E-state index in [1.165, 1.54) is 4.31 Å². The van der Waals surface area contributed by atoms with Crippen molar-refractivity contribution < 1.29 is 23.1 Å². The predicted molar refractivity (Wildman–Crippen MR) is 64.6 cm³/mol. The lowest BCUT2D eigenvalue weighted by Gasteiger charge is -2.22. The van der Waals surface area contributed by atoms with E-state index in [1.54, 1.807) is 13.8 Å². The zero-order chi connectivity index (χ0) is 13.5. The smallest absolute Gasteiger partial charge is 0.308 e. The van der Waals surface area contributed by atoms with Crippen LogP contribution in [0.4, 0.5) is 0 Å². The molecule has 18 heavy (non-hydrogen) atoms. The van der Waals surface area contributed by atoms with Crippen molar-refractivity contribution in [2.24, 2.45) is 11.8 Å². The molecule has 2 fully saturated rings. The highest BCUT2D eigenvalue weighted by Crippen LogP contribution is 2.31. The second-order valence-corrected chi connectivity index (χ2v) is 7.34. The molecule has 0 aromatic rings. The molecular formula is C11H19NO5S. The number of ether oxygens (including phenoxy) is 1. The van der Waals surface area contributed by atoms with Gasteiger partial charge in [0.2, 0.25) is 10.0 Å². The second kappa shape index (κ2) is 4.79. The first-order chi connectivity index (χ1) is 8.34. The first-order valence-electron chi connectivity index (χ1n) is 6.17. The van der Waals surface area contributed by atoms with Crippen LogP contribution in [0.1, 0.15) is 20.3 Å². The Hall–Kier alpha value is -0.660. The molecule has 6 nitrogen and oxygen atoms in total. The number of aliphatic carboxylic acids is 1. The van der Waals surface area contributed by atoms with Crippen LogP contribution in [0.5, 0.6) is 0 Å². The van der Waals surface area contributed by atoms with Crippen LogP contribution < -0.4 is 0 Å². The number of carboxylic acid groups (broad SMARTS) is 1.